The lowest BCUT2D eigenvalue weighted by atomic mass is 10.1. The Hall–Kier alpha value is -1.43. The molecule has 22 heavy (non-hydrogen) atoms. The van der Waals surface area contributed by atoms with Crippen molar-refractivity contribution in [3.8, 4) is 0 Å². The minimum absolute atomic E-state index is 0.100. The summed E-state index contributed by atoms with van der Waals surface area (Å²) in [6, 6.07) is 9.19. The molecular formula is C17H22N2O2S. The second kappa shape index (κ2) is 7.22. The van der Waals surface area contributed by atoms with Crippen LogP contribution in [0.2, 0.25) is 0 Å². The maximum atomic E-state index is 9.44. The van der Waals surface area contributed by atoms with Gasteiger partial charge in [0.2, 0.25) is 0 Å². The summed E-state index contributed by atoms with van der Waals surface area (Å²) < 4.78 is 5.84. The van der Waals surface area contributed by atoms with Crippen molar-refractivity contribution in [3.05, 3.63) is 46.4 Å². The molecule has 4 nitrogen and oxygen atoms in total. The Balaban J connectivity index is 1.63. The third-order valence-corrected chi connectivity index (χ3v) is 4.46. The van der Waals surface area contributed by atoms with E-state index in [0.29, 0.717) is 12.6 Å². The number of nitrogens with zero attached hydrogens (tertiary/aromatic N) is 1. The number of aliphatic hydroxyl groups excluding tert-OH is 1. The van der Waals surface area contributed by atoms with Crippen molar-refractivity contribution < 1.29 is 9.84 Å². The molecule has 2 N–H and O–H groups in total. The number of thiazole rings is 1. The summed E-state index contributed by atoms with van der Waals surface area (Å²) in [5.41, 5.74) is 2.40. The fraction of sp³-hybridized carbons (Fsp3) is 0.471. The quantitative estimate of drug-likeness (QED) is 0.783. The van der Waals surface area contributed by atoms with Gasteiger partial charge in [0.15, 0.2) is 0 Å². The van der Waals surface area contributed by atoms with E-state index in [-0.39, 0.29) is 6.10 Å². The molecule has 2 atom stereocenters. The van der Waals surface area contributed by atoms with E-state index < -0.39 is 6.10 Å². The lowest BCUT2D eigenvalue weighted by molar-refractivity contribution is -0.00374. The molecular weight excluding hydrogens is 296 g/mol. The molecule has 3 rings (SSSR count). The highest BCUT2D eigenvalue weighted by Gasteiger charge is 2.21. The van der Waals surface area contributed by atoms with E-state index in [1.165, 1.54) is 24.1 Å². The number of aliphatic hydroxyl groups is 1. The molecule has 2 aromatic rings. The zero-order valence-electron chi connectivity index (χ0n) is 12.7. The minimum atomic E-state index is -0.465. The van der Waals surface area contributed by atoms with E-state index in [4.69, 9.17) is 4.74 Å². The van der Waals surface area contributed by atoms with Crippen LogP contribution < -0.4 is 5.32 Å². The van der Waals surface area contributed by atoms with E-state index in [1.807, 2.05) is 5.38 Å². The first-order valence-electron chi connectivity index (χ1n) is 7.75. The van der Waals surface area contributed by atoms with Gasteiger partial charge in [-0.2, -0.15) is 0 Å². The van der Waals surface area contributed by atoms with Crippen LogP contribution in [0, 0.1) is 0 Å². The van der Waals surface area contributed by atoms with E-state index in [0.717, 1.165) is 11.4 Å². The second-order valence-electron chi connectivity index (χ2n) is 5.86. The van der Waals surface area contributed by atoms with Crippen LogP contribution in [-0.2, 0) is 11.2 Å². The number of nitrogens with one attached hydrogen (secondary N) is 1. The zero-order valence-corrected chi connectivity index (χ0v) is 13.6. The van der Waals surface area contributed by atoms with Crippen LogP contribution >= 0.6 is 11.3 Å². The molecule has 0 aliphatic heterocycles. The van der Waals surface area contributed by atoms with E-state index >= 15 is 0 Å². The molecule has 1 aliphatic carbocycles. The molecule has 0 amide bonds. The largest absolute Gasteiger partial charge is 0.391 e. The Labute approximate surface area is 135 Å². The molecule has 1 aromatic heterocycles. The number of hydrogen-bond donors (Lipinski definition) is 2. The van der Waals surface area contributed by atoms with Gasteiger partial charge in [-0.25, -0.2) is 4.98 Å². The monoisotopic (exact) mass is 318 g/mol. The van der Waals surface area contributed by atoms with Crippen LogP contribution in [0.25, 0.3) is 0 Å². The number of aromatic nitrogens is 1. The highest BCUT2D eigenvalue weighted by atomic mass is 32.1. The maximum absolute atomic E-state index is 9.44. The standard InChI is InChI=1S/C17H22N2O2S/c1-12(20)11-21-16(17-18-8-9-22-17)10-13-2-4-14(5-3-13)19-15-6-7-15/h2-5,8-9,12,15-16,19-20H,6-7,10-11H2,1H3. The molecule has 0 spiro atoms. The predicted octanol–water partition coefficient (Wildman–Crippen LogP) is 3.40. The lowest BCUT2D eigenvalue weighted by Crippen LogP contribution is -2.16. The Kier molecular flexibility index (Phi) is 5.08. The Morgan fingerprint density at radius 3 is 2.73 bits per heavy atom. The van der Waals surface area contributed by atoms with Gasteiger partial charge < -0.3 is 15.2 Å². The van der Waals surface area contributed by atoms with E-state index in [1.54, 1.807) is 24.5 Å². The SMILES string of the molecule is CC(O)COC(Cc1ccc(NC2CC2)cc1)c1nccs1. The van der Waals surface area contributed by atoms with Gasteiger partial charge in [-0.1, -0.05) is 12.1 Å². The molecule has 0 saturated heterocycles. The fourth-order valence-electron chi connectivity index (χ4n) is 2.28. The van der Waals surface area contributed by atoms with Crippen molar-refractivity contribution in [1.82, 2.24) is 4.98 Å². The Morgan fingerprint density at radius 1 is 1.36 bits per heavy atom. The third-order valence-electron chi connectivity index (χ3n) is 3.59. The van der Waals surface area contributed by atoms with Gasteiger partial charge in [0.25, 0.3) is 0 Å². The van der Waals surface area contributed by atoms with E-state index in [9.17, 15) is 5.11 Å². The number of benzene rings is 1. The van der Waals surface area contributed by atoms with Crippen LogP contribution in [-0.4, -0.2) is 28.8 Å². The zero-order chi connectivity index (χ0) is 15.4. The third kappa shape index (κ3) is 4.53. The summed E-state index contributed by atoms with van der Waals surface area (Å²) in [5, 5.41) is 15.8. The van der Waals surface area contributed by atoms with Gasteiger partial charge in [-0.3, -0.25) is 0 Å². The Bertz CT molecular complexity index is 565. The summed E-state index contributed by atoms with van der Waals surface area (Å²) in [4.78, 5) is 4.36. The van der Waals surface area contributed by atoms with Crippen molar-refractivity contribution in [2.45, 2.75) is 44.4 Å². The van der Waals surface area contributed by atoms with Crippen molar-refractivity contribution in [2.75, 3.05) is 11.9 Å². The molecule has 1 saturated carbocycles. The average Bonchev–Trinajstić information content (AvgIpc) is 3.15. The van der Waals surface area contributed by atoms with Crippen molar-refractivity contribution in [3.63, 3.8) is 0 Å². The van der Waals surface area contributed by atoms with Gasteiger partial charge in [0.05, 0.1) is 12.7 Å². The molecule has 1 aromatic carbocycles. The van der Waals surface area contributed by atoms with Gasteiger partial charge in [-0.15, -0.1) is 11.3 Å². The van der Waals surface area contributed by atoms with Crippen molar-refractivity contribution in [1.29, 1.82) is 0 Å². The van der Waals surface area contributed by atoms with Gasteiger partial charge in [0.1, 0.15) is 11.1 Å². The molecule has 5 heteroatoms. The molecule has 0 bridgehead atoms. The molecule has 1 aliphatic rings. The summed E-state index contributed by atoms with van der Waals surface area (Å²) >= 11 is 1.59. The number of ether oxygens (including phenoxy) is 1. The fourth-order valence-corrected chi connectivity index (χ4v) is 2.97. The molecule has 1 fully saturated rings. The van der Waals surface area contributed by atoms with Crippen molar-refractivity contribution in [2.24, 2.45) is 0 Å². The highest BCUT2D eigenvalue weighted by Crippen LogP contribution is 2.27. The van der Waals surface area contributed by atoms with E-state index in [2.05, 4.69) is 34.6 Å². The van der Waals surface area contributed by atoms with Gasteiger partial charge >= 0.3 is 0 Å². The van der Waals surface area contributed by atoms with Gasteiger partial charge in [0, 0.05) is 29.7 Å². The smallest absolute Gasteiger partial charge is 0.122 e. The first-order chi connectivity index (χ1) is 10.7. The molecule has 1 heterocycles. The minimum Gasteiger partial charge on any atom is -0.391 e. The number of rotatable bonds is 8. The lowest BCUT2D eigenvalue weighted by Gasteiger charge is -2.17. The maximum Gasteiger partial charge on any atom is 0.122 e. The van der Waals surface area contributed by atoms with Crippen molar-refractivity contribution >= 4 is 17.0 Å². The van der Waals surface area contributed by atoms with Crippen LogP contribution in [0.15, 0.2) is 35.8 Å². The highest BCUT2D eigenvalue weighted by molar-refractivity contribution is 7.09. The number of hydrogen-bond acceptors (Lipinski definition) is 5. The summed E-state index contributed by atoms with van der Waals surface area (Å²) in [6.07, 6.45) is 4.55. The second-order valence-corrected chi connectivity index (χ2v) is 6.79. The topological polar surface area (TPSA) is 54.4 Å². The van der Waals surface area contributed by atoms with Crippen LogP contribution in [0.3, 0.4) is 0 Å². The Morgan fingerprint density at radius 2 is 2.14 bits per heavy atom. The predicted molar refractivity (Wildman–Crippen MR) is 89.3 cm³/mol. The first-order valence-corrected chi connectivity index (χ1v) is 8.63. The summed E-state index contributed by atoms with van der Waals surface area (Å²) in [6.45, 7) is 2.06. The molecule has 2 unspecified atom stereocenters. The summed E-state index contributed by atoms with van der Waals surface area (Å²) in [5.74, 6) is 0. The first kappa shape index (κ1) is 15.5. The van der Waals surface area contributed by atoms with Crippen LogP contribution in [0.1, 0.15) is 36.4 Å². The normalized spacial score (nSPS) is 17.2. The molecule has 0 radical (unpaired) electrons. The van der Waals surface area contributed by atoms with Crippen LogP contribution in [0.4, 0.5) is 5.69 Å². The van der Waals surface area contributed by atoms with Crippen LogP contribution in [0.5, 0.6) is 0 Å². The van der Waals surface area contributed by atoms with Gasteiger partial charge in [-0.05, 0) is 37.5 Å². The number of anilines is 1. The average molecular weight is 318 g/mol. The summed E-state index contributed by atoms with van der Waals surface area (Å²) in [7, 11) is 0. The molecule has 118 valence electrons.